The quantitative estimate of drug-likeness (QED) is 0.283. The van der Waals surface area contributed by atoms with Gasteiger partial charge in [0.1, 0.15) is 11.3 Å². The van der Waals surface area contributed by atoms with Gasteiger partial charge in [-0.25, -0.2) is 13.4 Å². The van der Waals surface area contributed by atoms with Crippen LogP contribution in [0.4, 0.5) is 5.13 Å². The number of nitriles is 2. The standard InChI is InChI=1S/C29H34N6O5S2/c1-22-6-11-25(39-2)26-27(22)41-29(32-26)35(17-5-14-33-18-20-40-21-19-33)28(36)23-7-9-24(10-8-23)42(37,38)34(15-3-12-30)16-4-13-31/h6-11H,3-5,14-21H2,1-2H3. The van der Waals surface area contributed by atoms with Gasteiger partial charge in [0.25, 0.3) is 5.91 Å². The van der Waals surface area contributed by atoms with Gasteiger partial charge in [-0.3, -0.25) is 14.6 Å². The molecule has 2 aromatic carbocycles. The number of morpholine rings is 1. The van der Waals surface area contributed by atoms with Crippen molar-refractivity contribution in [3.05, 3.63) is 47.5 Å². The second kappa shape index (κ2) is 14.5. The highest BCUT2D eigenvalue weighted by atomic mass is 32.2. The number of methoxy groups -OCH3 is 1. The van der Waals surface area contributed by atoms with E-state index in [0.717, 1.165) is 40.6 Å². The maximum Gasteiger partial charge on any atom is 0.260 e. The Morgan fingerprint density at radius 2 is 1.74 bits per heavy atom. The molecule has 1 fully saturated rings. The highest BCUT2D eigenvalue weighted by Crippen LogP contribution is 2.37. The molecule has 0 radical (unpaired) electrons. The minimum atomic E-state index is -3.95. The predicted molar refractivity (Wildman–Crippen MR) is 160 cm³/mol. The number of aryl methyl sites for hydroxylation is 1. The number of benzene rings is 2. The number of hydrogen-bond acceptors (Lipinski definition) is 10. The molecule has 0 aliphatic carbocycles. The van der Waals surface area contributed by atoms with Crippen molar-refractivity contribution in [3.63, 3.8) is 0 Å². The number of hydrogen-bond donors (Lipinski definition) is 0. The summed E-state index contributed by atoms with van der Waals surface area (Å²) in [5.41, 5.74) is 2.05. The van der Waals surface area contributed by atoms with Gasteiger partial charge in [0.2, 0.25) is 10.0 Å². The summed E-state index contributed by atoms with van der Waals surface area (Å²) in [5, 5.41) is 18.4. The molecule has 1 amide bonds. The maximum atomic E-state index is 13.9. The Balaban J connectivity index is 1.61. The van der Waals surface area contributed by atoms with Crippen molar-refractivity contribution in [1.29, 1.82) is 10.5 Å². The monoisotopic (exact) mass is 610 g/mol. The van der Waals surface area contributed by atoms with Crippen molar-refractivity contribution in [2.45, 2.75) is 31.1 Å². The number of carbonyl (C=O) groups is 1. The first-order chi connectivity index (χ1) is 20.3. The van der Waals surface area contributed by atoms with Crippen LogP contribution in [0.25, 0.3) is 10.2 Å². The number of anilines is 1. The normalized spacial score (nSPS) is 14.0. The van der Waals surface area contributed by atoms with Gasteiger partial charge in [0, 0.05) is 57.7 Å². The van der Waals surface area contributed by atoms with E-state index in [1.54, 1.807) is 12.0 Å². The second-order valence-electron chi connectivity index (χ2n) is 9.77. The number of fused-ring (bicyclic) bond motifs is 1. The van der Waals surface area contributed by atoms with E-state index in [4.69, 9.17) is 25.0 Å². The Morgan fingerprint density at radius 3 is 2.36 bits per heavy atom. The Hall–Kier alpha value is -3.59. The molecule has 0 spiro atoms. The molecule has 222 valence electrons. The largest absolute Gasteiger partial charge is 0.494 e. The summed E-state index contributed by atoms with van der Waals surface area (Å²) >= 11 is 1.42. The van der Waals surface area contributed by atoms with E-state index in [-0.39, 0.29) is 36.7 Å². The van der Waals surface area contributed by atoms with Crippen molar-refractivity contribution in [3.8, 4) is 17.9 Å². The van der Waals surface area contributed by atoms with Crippen LogP contribution in [-0.2, 0) is 14.8 Å². The van der Waals surface area contributed by atoms with Crippen molar-refractivity contribution in [2.75, 3.05) is 64.5 Å². The van der Waals surface area contributed by atoms with Crippen molar-refractivity contribution >= 4 is 42.6 Å². The third-order valence-corrected chi connectivity index (χ3v) is 10.2. The number of thiazole rings is 1. The summed E-state index contributed by atoms with van der Waals surface area (Å²) in [4.78, 5) is 22.7. The lowest BCUT2D eigenvalue weighted by molar-refractivity contribution is 0.0376. The minimum Gasteiger partial charge on any atom is -0.494 e. The number of nitrogens with zero attached hydrogens (tertiary/aromatic N) is 6. The summed E-state index contributed by atoms with van der Waals surface area (Å²) < 4.78 is 39.5. The number of carbonyl (C=O) groups excluding carboxylic acids is 1. The molecule has 1 aliphatic rings. The first-order valence-corrected chi connectivity index (χ1v) is 16.0. The number of amides is 1. The van der Waals surface area contributed by atoms with Crippen LogP contribution in [0.5, 0.6) is 5.75 Å². The highest BCUT2D eigenvalue weighted by molar-refractivity contribution is 7.89. The van der Waals surface area contributed by atoms with E-state index in [1.165, 1.54) is 35.6 Å². The van der Waals surface area contributed by atoms with Crippen LogP contribution in [0, 0.1) is 29.6 Å². The van der Waals surface area contributed by atoms with Crippen molar-refractivity contribution in [2.24, 2.45) is 0 Å². The van der Waals surface area contributed by atoms with Gasteiger partial charge >= 0.3 is 0 Å². The fourth-order valence-electron chi connectivity index (χ4n) is 4.72. The summed E-state index contributed by atoms with van der Waals surface area (Å²) in [6, 6.07) is 13.5. The lowest BCUT2D eigenvalue weighted by Gasteiger charge is -2.27. The average Bonchev–Trinajstić information content (AvgIpc) is 3.46. The van der Waals surface area contributed by atoms with Crippen LogP contribution in [0.3, 0.4) is 0 Å². The van der Waals surface area contributed by atoms with Gasteiger partial charge in [-0.1, -0.05) is 17.4 Å². The molecular weight excluding hydrogens is 576 g/mol. The summed E-state index contributed by atoms with van der Waals surface area (Å²) in [5.74, 6) is 0.341. The molecule has 0 atom stereocenters. The number of rotatable bonds is 13. The molecule has 2 heterocycles. The summed E-state index contributed by atoms with van der Waals surface area (Å²) in [6.07, 6.45) is 0.733. The Labute approximate surface area is 250 Å². The zero-order valence-electron chi connectivity index (χ0n) is 23.8. The predicted octanol–water partition coefficient (Wildman–Crippen LogP) is 3.80. The van der Waals surface area contributed by atoms with Gasteiger partial charge in [-0.2, -0.15) is 14.8 Å². The van der Waals surface area contributed by atoms with Crippen LogP contribution in [0.15, 0.2) is 41.3 Å². The molecule has 0 unspecified atom stereocenters. The van der Waals surface area contributed by atoms with E-state index >= 15 is 0 Å². The number of ether oxygens (including phenoxy) is 2. The topological polar surface area (TPSA) is 140 Å². The van der Waals surface area contributed by atoms with E-state index in [9.17, 15) is 13.2 Å². The molecule has 0 N–H and O–H groups in total. The first kappa shape index (κ1) is 31.3. The van der Waals surface area contributed by atoms with Crippen LogP contribution in [-0.4, -0.2) is 88.1 Å². The Kier molecular flexibility index (Phi) is 10.8. The average molecular weight is 611 g/mol. The van der Waals surface area contributed by atoms with E-state index in [1.807, 2.05) is 31.2 Å². The van der Waals surface area contributed by atoms with Gasteiger partial charge in [-0.05, 0) is 49.2 Å². The van der Waals surface area contributed by atoms with Gasteiger partial charge in [-0.15, -0.1) is 0 Å². The SMILES string of the molecule is COc1ccc(C)c2sc(N(CCCN3CCOCC3)C(=O)c3ccc(S(=O)(=O)N(CCC#N)CCC#N)cc3)nc12. The Bertz CT molecular complexity index is 1550. The molecular formula is C29H34N6O5S2. The summed E-state index contributed by atoms with van der Waals surface area (Å²) in [6.45, 7) is 6.27. The van der Waals surface area contributed by atoms with Gasteiger partial charge in [0.05, 0.1) is 42.1 Å². The zero-order valence-corrected chi connectivity index (χ0v) is 25.4. The fraction of sp³-hybridized carbons (Fsp3) is 0.448. The molecule has 3 aromatic rings. The molecule has 11 nitrogen and oxygen atoms in total. The zero-order chi connectivity index (χ0) is 30.1. The number of aromatic nitrogens is 1. The molecule has 0 saturated carbocycles. The highest BCUT2D eigenvalue weighted by Gasteiger charge is 2.26. The molecule has 1 aromatic heterocycles. The van der Waals surface area contributed by atoms with Crippen LogP contribution < -0.4 is 9.64 Å². The minimum absolute atomic E-state index is 0.00542. The third kappa shape index (κ3) is 7.24. The first-order valence-electron chi connectivity index (χ1n) is 13.7. The molecule has 1 aliphatic heterocycles. The number of sulfonamides is 1. The van der Waals surface area contributed by atoms with Crippen molar-refractivity contribution in [1.82, 2.24) is 14.2 Å². The van der Waals surface area contributed by atoms with E-state index in [2.05, 4.69) is 4.90 Å². The summed E-state index contributed by atoms with van der Waals surface area (Å²) in [7, 11) is -2.36. The van der Waals surface area contributed by atoms with E-state index in [0.29, 0.717) is 41.7 Å². The van der Waals surface area contributed by atoms with Crippen molar-refractivity contribution < 1.29 is 22.7 Å². The molecule has 0 bridgehead atoms. The Morgan fingerprint density at radius 1 is 1.07 bits per heavy atom. The van der Waals surface area contributed by atoms with Crippen LogP contribution in [0.2, 0.25) is 0 Å². The maximum absolute atomic E-state index is 13.9. The van der Waals surface area contributed by atoms with E-state index < -0.39 is 10.0 Å². The lowest BCUT2D eigenvalue weighted by Crippen LogP contribution is -2.39. The van der Waals surface area contributed by atoms with Gasteiger partial charge in [0.15, 0.2) is 5.13 Å². The second-order valence-corrected chi connectivity index (χ2v) is 12.7. The fourth-order valence-corrected chi connectivity index (χ4v) is 7.23. The lowest BCUT2D eigenvalue weighted by atomic mass is 10.2. The van der Waals surface area contributed by atoms with Crippen LogP contribution in [0.1, 0.15) is 35.2 Å². The smallest absolute Gasteiger partial charge is 0.260 e. The van der Waals surface area contributed by atoms with Gasteiger partial charge < -0.3 is 9.47 Å². The third-order valence-electron chi connectivity index (χ3n) is 7.03. The van der Waals surface area contributed by atoms with Crippen LogP contribution >= 0.6 is 11.3 Å². The molecule has 42 heavy (non-hydrogen) atoms. The molecule has 13 heteroatoms. The molecule has 1 saturated heterocycles. The molecule has 4 rings (SSSR count).